The van der Waals surface area contributed by atoms with E-state index < -0.39 is 0 Å². The van der Waals surface area contributed by atoms with Crippen molar-refractivity contribution in [2.45, 2.75) is 47.0 Å². The van der Waals surface area contributed by atoms with Crippen LogP contribution in [0.4, 0.5) is 0 Å². The van der Waals surface area contributed by atoms with Crippen LogP contribution in [0, 0.1) is 34.5 Å². The van der Waals surface area contributed by atoms with Crippen molar-refractivity contribution >= 4 is 0 Å². The largest absolute Gasteiger partial charge is 0.192 e. The zero-order chi connectivity index (χ0) is 18.0. The van der Waals surface area contributed by atoms with Gasteiger partial charge in [0, 0.05) is 17.4 Å². The van der Waals surface area contributed by atoms with Gasteiger partial charge in [0.1, 0.15) is 0 Å². The third-order valence-electron chi connectivity index (χ3n) is 5.92. The van der Waals surface area contributed by atoms with Crippen LogP contribution >= 0.6 is 0 Å². The molecule has 1 nitrogen and oxygen atoms in total. The van der Waals surface area contributed by atoms with Crippen LogP contribution in [0.1, 0.15) is 47.0 Å². The second kappa shape index (κ2) is 7.04. The van der Waals surface area contributed by atoms with Crippen LogP contribution in [-0.4, -0.2) is 0 Å². The minimum atomic E-state index is 0.332. The smallest absolute Gasteiger partial charge is 0.0988 e. The third-order valence-corrected chi connectivity index (χ3v) is 5.92. The van der Waals surface area contributed by atoms with Crippen molar-refractivity contribution in [2.75, 3.05) is 0 Å². The lowest BCUT2D eigenvalue weighted by Crippen LogP contribution is -2.21. The van der Waals surface area contributed by atoms with E-state index in [9.17, 15) is 0 Å². The number of rotatable bonds is 2. The molecule has 3 unspecified atom stereocenters. The number of hydrogen-bond acceptors (Lipinski definition) is 1. The Morgan fingerprint density at radius 2 is 1.80 bits per heavy atom. The molecule has 0 fully saturated rings. The number of nitrogens with zero attached hydrogens (tertiary/aromatic N) is 1. The standard InChI is InChI=1S/C24H29N/c1-17-22(19-10-8-18(16-25)9-11-19)6-5-7-23(17)20-12-14-21(15-13-20)24(2,3)4/h5-6,8-10,12-14,19,21,23H,7,11,15H2,1-4H3. The van der Waals surface area contributed by atoms with Gasteiger partial charge in [0.2, 0.25) is 0 Å². The highest BCUT2D eigenvalue weighted by Crippen LogP contribution is 2.40. The van der Waals surface area contributed by atoms with E-state index >= 15 is 0 Å². The maximum atomic E-state index is 9.02. The lowest BCUT2D eigenvalue weighted by molar-refractivity contribution is 0.292. The molecule has 0 radical (unpaired) electrons. The van der Waals surface area contributed by atoms with Gasteiger partial charge in [-0.05, 0) is 54.7 Å². The first-order chi connectivity index (χ1) is 11.9. The SMILES string of the molecule is CC1=C(C2C=CC(C#N)=CC2)C=CCC1C1=CCC(C(C)(C)C)C=C1. The molecule has 3 atom stereocenters. The quantitative estimate of drug-likeness (QED) is 0.570. The lowest BCUT2D eigenvalue weighted by atomic mass is 9.72. The van der Waals surface area contributed by atoms with E-state index in [1.54, 1.807) is 0 Å². The fourth-order valence-electron chi connectivity index (χ4n) is 4.11. The van der Waals surface area contributed by atoms with E-state index in [1.807, 2.05) is 6.08 Å². The van der Waals surface area contributed by atoms with Crippen molar-refractivity contribution in [1.82, 2.24) is 0 Å². The van der Waals surface area contributed by atoms with E-state index in [2.05, 4.69) is 76.3 Å². The van der Waals surface area contributed by atoms with Crippen LogP contribution in [0.5, 0.6) is 0 Å². The van der Waals surface area contributed by atoms with Crippen molar-refractivity contribution in [3.05, 3.63) is 70.9 Å². The average Bonchev–Trinajstić information content (AvgIpc) is 2.61. The molecule has 0 spiro atoms. The summed E-state index contributed by atoms with van der Waals surface area (Å²) in [6.45, 7) is 9.27. The molecule has 0 amide bonds. The van der Waals surface area contributed by atoms with Gasteiger partial charge >= 0.3 is 0 Å². The van der Waals surface area contributed by atoms with Crippen molar-refractivity contribution in [2.24, 2.45) is 23.2 Å². The molecule has 3 aliphatic carbocycles. The molecule has 0 heterocycles. The first-order valence-electron chi connectivity index (χ1n) is 9.44. The zero-order valence-corrected chi connectivity index (χ0v) is 15.9. The van der Waals surface area contributed by atoms with Gasteiger partial charge in [-0.3, -0.25) is 0 Å². The summed E-state index contributed by atoms with van der Waals surface area (Å²) in [4.78, 5) is 0. The number of allylic oxidation sites excluding steroid dienone is 12. The summed E-state index contributed by atoms with van der Waals surface area (Å²) in [5.41, 5.74) is 5.53. The Balaban J connectivity index is 1.78. The number of nitriles is 1. The summed E-state index contributed by atoms with van der Waals surface area (Å²) in [6, 6.07) is 2.24. The van der Waals surface area contributed by atoms with Gasteiger partial charge in [0.25, 0.3) is 0 Å². The fourth-order valence-corrected chi connectivity index (χ4v) is 4.11. The minimum Gasteiger partial charge on any atom is -0.192 e. The van der Waals surface area contributed by atoms with Crippen LogP contribution in [0.25, 0.3) is 0 Å². The Morgan fingerprint density at radius 1 is 1.00 bits per heavy atom. The second-order valence-electron chi connectivity index (χ2n) is 8.57. The molecule has 0 saturated heterocycles. The summed E-state index contributed by atoms with van der Waals surface area (Å²) in [5.74, 6) is 1.55. The third kappa shape index (κ3) is 3.79. The van der Waals surface area contributed by atoms with Gasteiger partial charge < -0.3 is 0 Å². The van der Waals surface area contributed by atoms with E-state index in [1.165, 1.54) is 16.7 Å². The summed E-state index contributed by atoms with van der Waals surface area (Å²) < 4.78 is 0. The Morgan fingerprint density at radius 3 is 2.36 bits per heavy atom. The maximum Gasteiger partial charge on any atom is 0.0988 e. The van der Waals surface area contributed by atoms with Gasteiger partial charge in [0.05, 0.1) is 6.07 Å². The molecule has 0 bridgehead atoms. The second-order valence-corrected chi connectivity index (χ2v) is 8.57. The molecule has 0 saturated carbocycles. The van der Waals surface area contributed by atoms with Crippen molar-refractivity contribution in [3.63, 3.8) is 0 Å². The van der Waals surface area contributed by atoms with Crippen LogP contribution in [-0.2, 0) is 0 Å². The van der Waals surface area contributed by atoms with E-state index in [0.717, 1.165) is 24.8 Å². The highest BCUT2D eigenvalue weighted by Gasteiger charge is 2.27. The molecular formula is C24H29N. The Bertz CT molecular complexity index is 753. The topological polar surface area (TPSA) is 23.8 Å². The van der Waals surface area contributed by atoms with Gasteiger partial charge in [-0.2, -0.15) is 5.26 Å². The highest BCUT2D eigenvalue weighted by atomic mass is 14.3. The molecule has 0 aromatic rings. The lowest BCUT2D eigenvalue weighted by Gasteiger charge is -2.33. The van der Waals surface area contributed by atoms with E-state index in [4.69, 9.17) is 5.26 Å². The van der Waals surface area contributed by atoms with Crippen molar-refractivity contribution < 1.29 is 0 Å². The summed E-state index contributed by atoms with van der Waals surface area (Å²) in [7, 11) is 0. The molecule has 0 aromatic heterocycles. The molecule has 0 aliphatic heterocycles. The maximum absolute atomic E-state index is 9.02. The molecular weight excluding hydrogens is 302 g/mol. The summed E-state index contributed by atoms with van der Waals surface area (Å²) in [6.07, 6.45) is 21.3. The first-order valence-corrected chi connectivity index (χ1v) is 9.44. The average molecular weight is 332 g/mol. The molecule has 1 heteroatoms. The predicted molar refractivity (Wildman–Crippen MR) is 106 cm³/mol. The van der Waals surface area contributed by atoms with Crippen molar-refractivity contribution in [1.29, 1.82) is 5.26 Å². The van der Waals surface area contributed by atoms with E-state index in [-0.39, 0.29) is 0 Å². The molecule has 0 aromatic carbocycles. The van der Waals surface area contributed by atoms with E-state index in [0.29, 0.717) is 23.2 Å². The Kier molecular flexibility index (Phi) is 5.00. The Hall–Kier alpha value is -2.07. The van der Waals surface area contributed by atoms with Crippen LogP contribution in [0.15, 0.2) is 70.9 Å². The van der Waals surface area contributed by atoms with Gasteiger partial charge in [-0.15, -0.1) is 0 Å². The Labute approximate surface area is 152 Å². The first kappa shape index (κ1) is 17.7. The molecule has 0 N–H and O–H groups in total. The van der Waals surface area contributed by atoms with Crippen LogP contribution in [0.3, 0.4) is 0 Å². The summed E-state index contributed by atoms with van der Waals surface area (Å²) >= 11 is 0. The molecule has 25 heavy (non-hydrogen) atoms. The molecule has 3 rings (SSSR count). The predicted octanol–water partition coefficient (Wildman–Crippen LogP) is 6.45. The summed E-state index contributed by atoms with van der Waals surface area (Å²) in [5, 5.41) is 9.02. The highest BCUT2D eigenvalue weighted by molar-refractivity contribution is 5.45. The monoisotopic (exact) mass is 331 g/mol. The normalized spacial score (nSPS) is 29.3. The van der Waals surface area contributed by atoms with Gasteiger partial charge in [-0.1, -0.05) is 68.9 Å². The van der Waals surface area contributed by atoms with Crippen LogP contribution < -0.4 is 0 Å². The van der Waals surface area contributed by atoms with Gasteiger partial charge in [-0.25, -0.2) is 0 Å². The molecule has 3 aliphatic rings. The van der Waals surface area contributed by atoms with Crippen LogP contribution in [0.2, 0.25) is 0 Å². The van der Waals surface area contributed by atoms with Crippen molar-refractivity contribution in [3.8, 4) is 6.07 Å². The number of hydrogen-bond donors (Lipinski definition) is 0. The van der Waals surface area contributed by atoms with Gasteiger partial charge in [0.15, 0.2) is 0 Å². The molecule has 130 valence electrons. The zero-order valence-electron chi connectivity index (χ0n) is 15.9. The fraction of sp³-hybridized carbons (Fsp3) is 0.458. The minimum absolute atomic E-state index is 0.332.